The Morgan fingerprint density at radius 1 is 1.13 bits per heavy atom. The lowest BCUT2D eigenvalue weighted by molar-refractivity contribution is -0.142. The highest BCUT2D eigenvalue weighted by Crippen LogP contribution is 2.35. The number of nitrogens with one attached hydrogen (secondary N) is 1. The quantitative estimate of drug-likeness (QED) is 0.280. The predicted molar refractivity (Wildman–Crippen MR) is 152 cm³/mol. The second kappa shape index (κ2) is 12.7. The zero-order chi connectivity index (χ0) is 27.2. The Balaban J connectivity index is 1.33. The molecule has 4 rings (SSSR count). The number of carboxylic acids is 1. The number of halogens is 2. The number of aliphatic carboxylic acids is 1. The van der Waals surface area contributed by atoms with Gasteiger partial charge in [0.1, 0.15) is 6.04 Å². The second-order valence-corrected chi connectivity index (χ2v) is 10.6. The van der Waals surface area contributed by atoms with Crippen LogP contribution in [-0.2, 0) is 20.8 Å². The van der Waals surface area contributed by atoms with Gasteiger partial charge in [0.05, 0.1) is 15.6 Å². The molecule has 2 aromatic carbocycles. The fraction of sp³-hybridized carbons (Fsp3) is 0.286. The topological polar surface area (TPSA) is 99.6 Å². The Morgan fingerprint density at radius 2 is 1.87 bits per heavy atom. The third-order valence-corrected chi connectivity index (χ3v) is 8.45. The summed E-state index contributed by atoms with van der Waals surface area (Å²) in [6.45, 7) is 0.793. The second-order valence-electron chi connectivity index (χ2n) is 9.01. The highest BCUT2D eigenvalue weighted by atomic mass is 35.5. The number of carbonyl (C=O) groups excluding carboxylic acids is 2. The Kier molecular flexibility index (Phi) is 9.31. The Bertz CT molecular complexity index is 1380. The molecule has 1 aromatic heterocycles. The third kappa shape index (κ3) is 6.49. The number of hydrogen-bond acceptors (Lipinski definition) is 5. The van der Waals surface area contributed by atoms with Gasteiger partial charge in [0.25, 0.3) is 0 Å². The van der Waals surface area contributed by atoms with Gasteiger partial charge < -0.3 is 15.3 Å². The lowest BCUT2D eigenvalue weighted by Crippen LogP contribution is -2.48. The molecule has 1 fully saturated rings. The molecule has 0 saturated carbocycles. The molecule has 38 heavy (non-hydrogen) atoms. The van der Waals surface area contributed by atoms with E-state index in [0.717, 1.165) is 21.4 Å². The van der Waals surface area contributed by atoms with Crippen LogP contribution in [0.15, 0.2) is 59.6 Å². The molecule has 7 nitrogen and oxygen atoms in total. The minimum Gasteiger partial charge on any atom is -0.480 e. The van der Waals surface area contributed by atoms with Crippen LogP contribution in [0.2, 0.25) is 10.0 Å². The summed E-state index contributed by atoms with van der Waals surface area (Å²) in [5.74, 6) is -1.96. The number of likely N-dealkylation sites (tertiary alicyclic amines) is 1. The molecule has 3 aromatic rings. The highest BCUT2D eigenvalue weighted by molar-refractivity contribution is 7.98. The summed E-state index contributed by atoms with van der Waals surface area (Å²) >= 11 is 14.1. The zero-order valence-electron chi connectivity index (χ0n) is 20.7. The molecule has 10 heteroatoms. The maximum absolute atomic E-state index is 12.9. The van der Waals surface area contributed by atoms with Gasteiger partial charge in [-0.1, -0.05) is 47.5 Å². The number of piperidine rings is 1. The highest BCUT2D eigenvalue weighted by Gasteiger charge is 2.30. The molecule has 1 unspecified atom stereocenters. The number of rotatable bonds is 8. The van der Waals surface area contributed by atoms with Crippen molar-refractivity contribution in [2.24, 2.45) is 5.92 Å². The summed E-state index contributed by atoms with van der Waals surface area (Å²) in [7, 11) is 0. The number of carbonyl (C=O) groups is 3. The average Bonchev–Trinajstić information content (AvgIpc) is 2.93. The first kappa shape index (κ1) is 28.0. The van der Waals surface area contributed by atoms with Crippen molar-refractivity contribution in [2.75, 3.05) is 19.3 Å². The van der Waals surface area contributed by atoms with E-state index in [1.165, 1.54) is 17.8 Å². The SMILES string of the molecule is CSc1ccc(/C=C/C(=O)N2CCC(C(=O)NC(Cc3ccnc4ccccc34)C(=O)O)CC2)c(Cl)c1Cl. The molecule has 1 aliphatic rings. The van der Waals surface area contributed by atoms with Gasteiger partial charge in [-0.3, -0.25) is 14.6 Å². The first-order chi connectivity index (χ1) is 18.3. The van der Waals surface area contributed by atoms with Crippen LogP contribution in [0.4, 0.5) is 0 Å². The number of aromatic nitrogens is 1. The molecule has 1 aliphatic heterocycles. The van der Waals surface area contributed by atoms with Gasteiger partial charge in [-0.25, -0.2) is 4.79 Å². The van der Waals surface area contributed by atoms with E-state index in [2.05, 4.69) is 10.3 Å². The maximum atomic E-state index is 12.9. The van der Waals surface area contributed by atoms with Crippen LogP contribution in [0.5, 0.6) is 0 Å². The average molecular weight is 573 g/mol. The number of hydrogen-bond donors (Lipinski definition) is 2. The largest absolute Gasteiger partial charge is 0.480 e. The van der Waals surface area contributed by atoms with Crippen molar-refractivity contribution in [1.82, 2.24) is 15.2 Å². The van der Waals surface area contributed by atoms with Gasteiger partial charge in [-0.05, 0) is 54.5 Å². The van der Waals surface area contributed by atoms with E-state index in [9.17, 15) is 19.5 Å². The minimum absolute atomic E-state index is 0.150. The number of amides is 2. The summed E-state index contributed by atoms with van der Waals surface area (Å²) in [6, 6.07) is 11.9. The summed E-state index contributed by atoms with van der Waals surface area (Å²) < 4.78 is 0. The van der Waals surface area contributed by atoms with E-state index < -0.39 is 12.0 Å². The van der Waals surface area contributed by atoms with Crippen molar-refractivity contribution in [3.05, 3.63) is 75.9 Å². The van der Waals surface area contributed by atoms with Crippen LogP contribution in [0.3, 0.4) is 0 Å². The number of benzene rings is 2. The van der Waals surface area contributed by atoms with Crippen molar-refractivity contribution in [2.45, 2.75) is 30.2 Å². The van der Waals surface area contributed by atoms with E-state index in [1.807, 2.05) is 42.7 Å². The van der Waals surface area contributed by atoms with E-state index in [1.54, 1.807) is 23.2 Å². The van der Waals surface area contributed by atoms with Crippen LogP contribution >= 0.6 is 35.0 Å². The number of para-hydroxylation sites is 1. The Hall–Kier alpha value is -3.07. The molecule has 1 atom stereocenters. The van der Waals surface area contributed by atoms with Gasteiger partial charge in [-0.2, -0.15) is 0 Å². The molecule has 2 amide bonds. The molecule has 1 saturated heterocycles. The predicted octanol–water partition coefficient (Wildman–Crippen LogP) is 5.33. The number of fused-ring (bicyclic) bond motifs is 1. The van der Waals surface area contributed by atoms with Crippen molar-refractivity contribution >= 4 is 69.7 Å². The summed E-state index contributed by atoms with van der Waals surface area (Å²) in [5.41, 5.74) is 2.23. The van der Waals surface area contributed by atoms with Gasteiger partial charge in [-0.15, -0.1) is 11.8 Å². The third-order valence-electron chi connectivity index (χ3n) is 6.66. The summed E-state index contributed by atoms with van der Waals surface area (Å²) in [6.07, 6.45) is 7.69. The Labute approximate surface area is 235 Å². The number of carboxylic acid groups (broad SMARTS) is 1. The number of pyridine rings is 1. The first-order valence-electron chi connectivity index (χ1n) is 12.1. The maximum Gasteiger partial charge on any atom is 0.326 e. The fourth-order valence-corrected chi connectivity index (χ4v) is 5.68. The van der Waals surface area contributed by atoms with Gasteiger partial charge in [0.2, 0.25) is 11.8 Å². The molecule has 2 heterocycles. The lowest BCUT2D eigenvalue weighted by Gasteiger charge is -2.31. The van der Waals surface area contributed by atoms with E-state index in [4.69, 9.17) is 23.2 Å². The monoisotopic (exact) mass is 571 g/mol. The number of thioether (sulfide) groups is 1. The normalized spacial score (nSPS) is 15.1. The zero-order valence-corrected chi connectivity index (χ0v) is 23.0. The van der Waals surface area contributed by atoms with E-state index >= 15 is 0 Å². The van der Waals surface area contributed by atoms with Gasteiger partial charge in [0, 0.05) is 48.0 Å². The lowest BCUT2D eigenvalue weighted by atomic mass is 9.94. The Morgan fingerprint density at radius 3 is 2.58 bits per heavy atom. The summed E-state index contributed by atoms with van der Waals surface area (Å²) in [4.78, 5) is 44.5. The van der Waals surface area contributed by atoms with Crippen molar-refractivity contribution in [3.63, 3.8) is 0 Å². The molecule has 0 spiro atoms. The van der Waals surface area contributed by atoms with Gasteiger partial charge in [0.15, 0.2) is 0 Å². The van der Waals surface area contributed by atoms with Crippen molar-refractivity contribution in [1.29, 1.82) is 0 Å². The van der Waals surface area contributed by atoms with Gasteiger partial charge >= 0.3 is 5.97 Å². The number of nitrogens with zero attached hydrogens (tertiary/aromatic N) is 2. The molecular weight excluding hydrogens is 545 g/mol. The molecule has 0 aliphatic carbocycles. The van der Waals surface area contributed by atoms with Crippen LogP contribution in [0.1, 0.15) is 24.0 Å². The van der Waals surface area contributed by atoms with Crippen LogP contribution in [0.25, 0.3) is 17.0 Å². The molecule has 198 valence electrons. The van der Waals surface area contributed by atoms with E-state index in [0.29, 0.717) is 41.5 Å². The molecule has 2 N–H and O–H groups in total. The first-order valence-corrected chi connectivity index (χ1v) is 14.1. The molecular formula is C28H27Cl2N3O4S. The standard InChI is InChI=1S/C28H27Cl2N3O4S/c1-38-23-8-6-17(25(29)26(23)30)7-9-24(34)33-14-11-18(12-15-33)27(35)32-22(28(36)37)16-19-10-13-31-21-5-3-2-4-20(19)21/h2-10,13,18,22H,11-12,14-16H2,1H3,(H,32,35)(H,36,37)/b9-7+. The molecule has 0 bridgehead atoms. The van der Waals surface area contributed by atoms with Crippen LogP contribution < -0.4 is 5.32 Å². The van der Waals surface area contributed by atoms with Crippen molar-refractivity contribution in [3.8, 4) is 0 Å². The van der Waals surface area contributed by atoms with Crippen molar-refractivity contribution < 1.29 is 19.5 Å². The minimum atomic E-state index is -1.10. The van der Waals surface area contributed by atoms with E-state index in [-0.39, 0.29) is 24.2 Å². The smallest absolute Gasteiger partial charge is 0.326 e. The van der Waals surface area contributed by atoms with Crippen LogP contribution in [0, 0.1) is 5.92 Å². The fourth-order valence-electron chi connectivity index (χ4n) is 4.50. The van der Waals surface area contributed by atoms with Crippen LogP contribution in [-0.4, -0.2) is 58.2 Å². The molecule has 0 radical (unpaired) electrons. The summed E-state index contributed by atoms with van der Waals surface area (Å²) in [5, 5.41) is 14.2.